The van der Waals surface area contributed by atoms with E-state index in [1.54, 1.807) is 23.9 Å². The number of furan rings is 1. The molecule has 4 heterocycles. The van der Waals surface area contributed by atoms with Gasteiger partial charge in [-0.25, -0.2) is 4.98 Å². The lowest BCUT2D eigenvalue weighted by Crippen LogP contribution is -2.63. The third kappa shape index (κ3) is 3.43. The van der Waals surface area contributed by atoms with Crippen molar-refractivity contribution in [3.8, 4) is 0 Å². The standard InChI is InChI=1S/C19H25N3O3S/c1-14-19(4-6-21(7-5-19)9-16-3-8-24-11-16)25-12-18(23)22(14)10-17-13-26-15(2)20-17/h3,8,11,13-14H,4-7,9-10,12H2,1-2H3/t14-/m1/s1. The Kier molecular flexibility index (Phi) is 4.86. The van der Waals surface area contributed by atoms with Crippen molar-refractivity contribution in [3.63, 3.8) is 0 Å². The first-order valence-corrected chi connectivity index (χ1v) is 10.0. The number of nitrogens with zero attached hydrogens (tertiary/aromatic N) is 3. The van der Waals surface area contributed by atoms with Gasteiger partial charge in [-0.05, 0) is 32.8 Å². The second kappa shape index (κ2) is 7.13. The van der Waals surface area contributed by atoms with E-state index in [2.05, 4.69) is 16.8 Å². The van der Waals surface area contributed by atoms with Gasteiger partial charge in [0.1, 0.15) is 6.61 Å². The van der Waals surface area contributed by atoms with Crippen LogP contribution in [0.15, 0.2) is 28.4 Å². The van der Waals surface area contributed by atoms with Crippen molar-refractivity contribution in [1.29, 1.82) is 0 Å². The maximum Gasteiger partial charge on any atom is 0.249 e. The second-order valence-electron chi connectivity index (χ2n) is 7.32. The molecule has 7 heteroatoms. The summed E-state index contributed by atoms with van der Waals surface area (Å²) in [5.74, 6) is 0.0644. The van der Waals surface area contributed by atoms with E-state index in [4.69, 9.17) is 9.15 Å². The summed E-state index contributed by atoms with van der Waals surface area (Å²) in [4.78, 5) is 21.4. The molecule has 2 aliphatic rings. The minimum Gasteiger partial charge on any atom is -0.472 e. The average Bonchev–Trinajstić information content (AvgIpc) is 3.29. The highest BCUT2D eigenvalue weighted by Gasteiger charge is 2.47. The fourth-order valence-electron chi connectivity index (χ4n) is 4.08. The van der Waals surface area contributed by atoms with E-state index in [0.29, 0.717) is 6.54 Å². The van der Waals surface area contributed by atoms with E-state index in [1.165, 1.54) is 5.56 Å². The average molecular weight is 375 g/mol. The van der Waals surface area contributed by atoms with E-state index in [1.807, 2.05) is 23.3 Å². The Morgan fingerprint density at radius 2 is 2.15 bits per heavy atom. The monoisotopic (exact) mass is 375 g/mol. The Hall–Kier alpha value is -1.70. The molecule has 0 bridgehead atoms. The van der Waals surface area contributed by atoms with Crippen molar-refractivity contribution in [3.05, 3.63) is 40.2 Å². The van der Waals surface area contributed by atoms with Gasteiger partial charge in [-0.2, -0.15) is 0 Å². The van der Waals surface area contributed by atoms with Crippen LogP contribution in [0.5, 0.6) is 0 Å². The van der Waals surface area contributed by atoms with Gasteiger partial charge in [0, 0.05) is 30.6 Å². The molecule has 0 aliphatic carbocycles. The molecule has 0 saturated carbocycles. The number of likely N-dealkylation sites (tertiary alicyclic amines) is 1. The Bertz CT molecular complexity index is 750. The number of hydrogen-bond acceptors (Lipinski definition) is 6. The molecular formula is C19H25N3O3S. The number of thiazole rings is 1. The van der Waals surface area contributed by atoms with Crippen LogP contribution in [-0.4, -0.2) is 52.0 Å². The molecule has 0 N–H and O–H groups in total. The van der Waals surface area contributed by atoms with Gasteiger partial charge < -0.3 is 14.1 Å². The summed E-state index contributed by atoms with van der Waals surface area (Å²) in [6, 6.07) is 2.07. The molecule has 2 fully saturated rings. The summed E-state index contributed by atoms with van der Waals surface area (Å²) in [5.41, 5.74) is 1.93. The maximum absolute atomic E-state index is 12.5. The summed E-state index contributed by atoms with van der Waals surface area (Å²) in [6.45, 7) is 7.71. The van der Waals surface area contributed by atoms with E-state index >= 15 is 0 Å². The first-order valence-electron chi connectivity index (χ1n) is 9.14. The van der Waals surface area contributed by atoms with Gasteiger partial charge in [0.2, 0.25) is 5.91 Å². The number of carbonyl (C=O) groups excluding carboxylic acids is 1. The minimum absolute atomic E-state index is 0.0573. The Morgan fingerprint density at radius 3 is 2.81 bits per heavy atom. The van der Waals surface area contributed by atoms with Gasteiger partial charge >= 0.3 is 0 Å². The van der Waals surface area contributed by atoms with Gasteiger partial charge in [-0.1, -0.05) is 0 Å². The number of hydrogen-bond donors (Lipinski definition) is 0. The molecule has 1 amide bonds. The molecule has 2 aromatic heterocycles. The molecule has 1 atom stereocenters. The van der Waals surface area contributed by atoms with Crippen LogP contribution in [0.25, 0.3) is 0 Å². The van der Waals surface area contributed by atoms with Crippen molar-refractivity contribution in [2.75, 3.05) is 19.7 Å². The Morgan fingerprint density at radius 1 is 1.35 bits per heavy atom. The molecule has 0 radical (unpaired) electrons. The quantitative estimate of drug-likeness (QED) is 0.822. The molecular weight excluding hydrogens is 350 g/mol. The third-order valence-electron chi connectivity index (χ3n) is 5.72. The number of ether oxygens (including phenoxy) is 1. The van der Waals surface area contributed by atoms with Crippen molar-refractivity contribution < 1.29 is 13.9 Å². The highest BCUT2D eigenvalue weighted by atomic mass is 32.1. The molecule has 0 unspecified atom stereocenters. The smallest absolute Gasteiger partial charge is 0.249 e. The van der Waals surface area contributed by atoms with Crippen molar-refractivity contribution in [2.45, 2.75) is 51.4 Å². The van der Waals surface area contributed by atoms with Crippen molar-refractivity contribution in [2.24, 2.45) is 0 Å². The lowest BCUT2D eigenvalue weighted by molar-refractivity contribution is -0.188. The second-order valence-corrected chi connectivity index (χ2v) is 8.38. The molecule has 2 aromatic rings. The molecule has 2 saturated heterocycles. The number of carbonyl (C=O) groups is 1. The summed E-state index contributed by atoms with van der Waals surface area (Å²) < 4.78 is 11.3. The SMILES string of the molecule is Cc1nc(CN2C(=O)COC3(CCN(Cc4ccoc4)CC3)[C@H]2C)cs1. The lowest BCUT2D eigenvalue weighted by atomic mass is 9.82. The van der Waals surface area contributed by atoms with Crippen molar-refractivity contribution >= 4 is 17.2 Å². The zero-order valence-corrected chi connectivity index (χ0v) is 16.1. The zero-order chi connectivity index (χ0) is 18.1. The molecule has 4 rings (SSSR count). The zero-order valence-electron chi connectivity index (χ0n) is 15.3. The van der Waals surface area contributed by atoms with E-state index in [0.717, 1.165) is 43.2 Å². The van der Waals surface area contributed by atoms with Gasteiger partial charge in [0.05, 0.1) is 41.4 Å². The van der Waals surface area contributed by atoms with Crippen LogP contribution in [0, 0.1) is 6.92 Å². The largest absolute Gasteiger partial charge is 0.472 e. The Balaban J connectivity index is 1.42. The van der Waals surface area contributed by atoms with Gasteiger partial charge in [-0.3, -0.25) is 9.69 Å². The van der Waals surface area contributed by atoms with Crippen molar-refractivity contribution in [1.82, 2.24) is 14.8 Å². The van der Waals surface area contributed by atoms with E-state index in [-0.39, 0.29) is 24.2 Å². The predicted octanol–water partition coefficient (Wildman–Crippen LogP) is 2.83. The van der Waals surface area contributed by atoms with Gasteiger partial charge in [0.25, 0.3) is 0 Å². The minimum atomic E-state index is -0.244. The molecule has 2 aliphatic heterocycles. The van der Waals surface area contributed by atoms with Crippen LogP contribution in [0.4, 0.5) is 0 Å². The summed E-state index contributed by atoms with van der Waals surface area (Å²) >= 11 is 1.63. The topological polar surface area (TPSA) is 58.8 Å². The lowest BCUT2D eigenvalue weighted by Gasteiger charge is -2.51. The predicted molar refractivity (Wildman–Crippen MR) is 98.8 cm³/mol. The van der Waals surface area contributed by atoms with Crippen LogP contribution < -0.4 is 0 Å². The number of piperidine rings is 1. The number of amides is 1. The maximum atomic E-state index is 12.5. The number of rotatable bonds is 4. The number of morpholine rings is 1. The van der Waals surface area contributed by atoms with E-state index < -0.39 is 0 Å². The third-order valence-corrected chi connectivity index (χ3v) is 6.54. The van der Waals surface area contributed by atoms with Crippen LogP contribution in [0.2, 0.25) is 0 Å². The van der Waals surface area contributed by atoms with Crippen LogP contribution in [-0.2, 0) is 22.6 Å². The Labute approximate surface area is 157 Å². The van der Waals surface area contributed by atoms with Crippen LogP contribution in [0.3, 0.4) is 0 Å². The van der Waals surface area contributed by atoms with E-state index in [9.17, 15) is 4.79 Å². The summed E-state index contributed by atoms with van der Waals surface area (Å²) in [5, 5.41) is 3.08. The first-order chi connectivity index (χ1) is 12.6. The van der Waals surface area contributed by atoms with Crippen LogP contribution in [0.1, 0.15) is 36.0 Å². The highest BCUT2D eigenvalue weighted by molar-refractivity contribution is 7.09. The fraction of sp³-hybridized carbons (Fsp3) is 0.579. The molecule has 1 spiro atoms. The molecule has 6 nitrogen and oxygen atoms in total. The van der Waals surface area contributed by atoms with Gasteiger partial charge in [-0.15, -0.1) is 11.3 Å². The fourth-order valence-corrected chi connectivity index (χ4v) is 4.69. The molecule has 26 heavy (non-hydrogen) atoms. The molecule has 140 valence electrons. The number of aromatic nitrogens is 1. The van der Waals surface area contributed by atoms with Gasteiger partial charge in [0.15, 0.2) is 0 Å². The normalized spacial score (nSPS) is 23.7. The summed E-state index contributed by atoms with van der Waals surface area (Å²) in [6.07, 6.45) is 5.40. The first kappa shape index (κ1) is 17.7. The molecule has 0 aromatic carbocycles. The highest BCUT2D eigenvalue weighted by Crippen LogP contribution is 2.36. The summed E-state index contributed by atoms with van der Waals surface area (Å²) in [7, 11) is 0. The van der Waals surface area contributed by atoms with Crippen LogP contribution >= 0.6 is 11.3 Å². The number of aryl methyl sites for hydroxylation is 1.